The smallest absolute Gasteiger partial charge is 0.0645 e. The van der Waals surface area contributed by atoms with E-state index in [4.69, 9.17) is 0 Å². The Kier molecular flexibility index (Phi) is 3.79. The first-order valence-electron chi connectivity index (χ1n) is 7.76. The molecule has 0 radical (unpaired) electrons. The molecule has 0 bridgehead atoms. The van der Waals surface area contributed by atoms with Gasteiger partial charge in [0.15, 0.2) is 0 Å². The molecule has 1 aliphatic rings. The van der Waals surface area contributed by atoms with E-state index in [-0.39, 0.29) is 0 Å². The molecule has 112 valence electrons. The second-order valence-electron chi connectivity index (χ2n) is 5.77. The van der Waals surface area contributed by atoms with Gasteiger partial charge in [-0.25, -0.2) is 4.68 Å². The highest BCUT2D eigenvalue weighted by atomic mass is 32.1. The SMILES string of the molecule is c1ccc(-n2cc(CN3CCCC3c3cccs3)cn2)cc1. The number of benzene rings is 1. The highest BCUT2D eigenvalue weighted by Crippen LogP contribution is 2.35. The zero-order valence-electron chi connectivity index (χ0n) is 12.4. The van der Waals surface area contributed by atoms with Crippen LogP contribution in [0.5, 0.6) is 0 Å². The Hall–Kier alpha value is -1.91. The van der Waals surface area contributed by atoms with E-state index < -0.39 is 0 Å². The number of thiophene rings is 1. The predicted molar refractivity (Wildman–Crippen MR) is 90.3 cm³/mol. The summed E-state index contributed by atoms with van der Waals surface area (Å²) < 4.78 is 1.96. The fraction of sp³-hybridized carbons (Fsp3) is 0.278. The third kappa shape index (κ3) is 2.72. The van der Waals surface area contributed by atoms with Crippen LogP contribution in [-0.4, -0.2) is 21.2 Å². The first kappa shape index (κ1) is 13.7. The zero-order valence-corrected chi connectivity index (χ0v) is 13.2. The third-order valence-corrected chi connectivity index (χ3v) is 5.25. The summed E-state index contributed by atoms with van der Waals surface area (Å²) >= 11 is 1.87. The molecule has 2 aromatic heterocycles. The summed E-state index contributed by atoms with van der Waals surface area (Å²) in [6.45, 7) is 2.16. The lowest BCUT2D eigenvalue weighted by molar-refractivity contribution is 0.251. The van der Waals surface area contributed by atoms with Crippen LogP contribution in [0.2, 0.25) is 0 Å². The minimum atomic E-state index is 0.583. The summed E-state index contributed by atoms with van der Waals surface area (Å²) in [6, 6.07) is 15.3. The fourth-order valence-corrected chi connectivity index (χ4v) is 4.11. The van der Waals surface area contributed by atoms with Crippen molar-refractivity contribution in [2.75, 3.05) is 6.54 Å². The van der Waals surface area contributed by atoms with Gasteiger partial charge in [-0.05, 0) is 43.0 Å². The Morgan fingerprint density at radius 1 is 1.14 bits per heavy atom. The fourth-order valence-electron chi connectivity index (χ4n) is 3.22. The monoisotopic (exact) mass is 309 g/mol. The Morgan fingerprint density at radius 2 is 2.05 bits per heavy atom. The number of aromatic nitrogens is 2. The summed E-state index contributed by atoms with van der Waals surface area (Å²) in [7, 11) is 0. The summed E-state index contributed by atoms with van der Waals surface area (Å²) in [4.78, 5) is 4.08. The van der Waals surface area contributed by atoms with Gasteiger partial charge in [0.05, 0.1) is 11.9 Å². The van der Waals surface area contributed by atoms with Crippen molar-refractivity contribution in [3.8, 4) is 5.69 Å². The maximum absolute atomic E-state index is 4.51. The van der Waals surface area contributed by atoms with Crippen LogP contribution in [0.3, 0.4) is 0 Å². The molecule has 1 atom stereocenters. The predicted octanol–water partition coefficient (Wildman–Crippen LogP) is 4.27. The van der Waals surface area contributed by atoms with E-state index in [1.54, 1.807) is 0 Å². The molecule has 4 heteroatoms. The van der Waals surface area contributed by atoms with Crippen molar-refractivity contribution in [3.63, 3.8) is 0 Å². The molecule has 1 unspecified atom stereocenters. The van der Waals surface area contributed by atoms with Crippen LogP contribution in [0, 0.1) is 0 Å². The molecular weight excluding hydrogens is 290 g/mol. The summed E-state index contributed by atoms with van der Waals surface area (Å²) in [6.07, 6.45) is 6.71. The zero-order chi connectivity index (χ0) is 14.8. The second-order valence-corrected chi connectivity index (χ2v) is 6.75. The van der Waals surface area contributed by atoms with Crippen LogP contribution in [0.4, 0.5) is 0 Å². The molecule has 3 aromatic rings. The molecule has 4 rings (SSSR count). The normalized spacial score (nSPS) is 18.8. The van der Waals surface area contributed by atoms with E-state index in [9.17, 15) is 0 Å². The van der Waals surface area contributed by atoms with E-state index in [1.165, 1.54) is 29.8 Å². The number of hydrogen-bond acceptors (Lipinski definition) is 3. The molecule has 22 heavy (non-hydrogen) atoms. The topological polar surface area (TPSA) is 21.1 Å². The average Bonchev–Trinajstić information content (AvgIpc) is 3.30. The van der Waals surface area contributed by atoms with Gasteiger partial charge in [0.2, 0.25) is 0 Å². The number of rotatable bonds is 4. The Labute approximate surface area is 134 Å². The molecule has 0 amide bonds. The van der Waals surface area contributed by atoms with Crippen molar-refractivity contribution >= 4 is 11.3 Å². The lowest BCUT2D eigenvalue weighted by Crippen LogP contribution is -2.21. The highest BCUT2D eigenvalue weighted by molar-refractivity contribution is 7.10. The Balaban J connectivity index is 1.51. The van der Waals surface area contributed by atoms with Crippen molar-refractivity contribution in [1.29, 1.82) is 0 Å². The number of likely N-dealkylation sites (tertiary alicyclic amines) is 1. The molecule has 1 aromatic carbocycles. The number of para-hydroxylation sites is 1. The van der Waals surface area contributed by atoms with E-state index in [0.29, 0.717) is 6.04 Å². The van der Waals surface area contributed by atoms with Crippen LogP contribution in [0.1, 0.15) is 29.3 Å². The van der Waals surface area contributed by atoms with Gasteiger partial charge >= 0.3 is 0 Å². The van der Waals surface area contributed by atoms with E-state index in [0.717, 1.165) is 12.2 Å². The van der Waals surface area contributed by atoms with Gasteiger partial charge in [-0.15, -0.1) is 11.3 Å². The van der Waals surface area contributed by atoms with Gasteiger partial charge in [0.25, 0.3) is 0 Å². The van der Waals surface area contributed by atoms with Crippen molar-refractivity contribution in [2.24, 2.45) is 0 Å². The van der Waals surface area contributed by atoms with Crippen LogP contribution >= 0.6 is 11.3 Å². The Morgan fingerprint density at radius 3 is 2.86 bits per heavy atom. The summed E-state index contributed by atoms with van der Waals surface area (Å²) in [5.41, 5.74) is 2.40. The minimum Gasteiger partial charge on any atom is -0.291 e. The maximum atomic E-state index is 4.51. The van der Waals surface area contributed by atoms with Crippen LogP contribution < -0.4 is 0 Å². The van der Waals surface area contributed by atoms with E-state index >= 15 is 0 Å². The van der Waals surface area contributed by atoms with Crippen LogP contribution in [-0.2, 0) is 6.54 Å². The van der Waals surface area contributed by atoms with Crippen molar-refractivity contribution in [2.45, 2.75) is 25.4 Å². The minimum absolute atomic E-state index is 0.583. The molecule has 0 N–H and O–H groups in total. The van der Waals surface area contributed by atoms with Gasteiger partial charge < -0.3 is 0 Å². The lowest BCUT2D eigenvalue weighted by Gasteiger charge is -2.22. The first-order chi connectivity index (χ1) is 10.9. The van der Waals surface area contributed by atoms with Gasteiger partial charge in [0, 0.05) is 29.2 Å². The van der Waals surface area contributed by atoms with Crippen LogP contribution in [0.15, 0.2) is 60.2 Å². The largest absolute Gasteiger partial charge is 0.291 e. The number of hydrogen-bond donors (Lipinski definition) is 0. The second kappa shape index (κ2) is 6.07. The molecule has 3 nitrogen and oxygen atoms in total. The molecule has 0 saturated carbocycles. The van der Waals surface area contributed by atoms with Gasteiger partial charge in [-0.1, -0.05) is 24.3 Å². The molecule has 0 spiro atoms. The maximum Gasteiger partial charge on any atom is 0.0645 e. The molecule has 1 aliphatic heterocycles. The molecular formula is C18H19N3S. The van der Waals surface area contributed by atoms with Crippen LogP contribution in [0.25, 0.3) is 5.69 Å². The summed E-state index contributed by atoms with van der Waals surface area (Å²) in [5.74, 6) is 0. The highest BCUT2D eigenvalue weighted by Gasteiger charge is 2.26. The average molecular weight is 309 g/mol. The molecule has 1 saturated heterocycles. The van der Waals surface area contributed by atoms with Crippen molar-refractivity contribution in [1.82, 2.24) is 14.7 Å². The van der Waals surface area contributed by atoms with Gasteiger partial charge in [0.1, 0.15) is 0 Å². The lowest BCUT2D eigenvalue weighted by atomic mass is 10.2. The summed E-state index contributed by atoms with van der Waals surface area (Å²) in [5, 5.41) is 6.69. The van der Waals surface area contributed by atoms with Crippen molar-refractivity contribution < 1.29 is 0 Å². The van der Waals surface area contributed by atoms with E-state index in [1.807, 2.05) is 40.4 Å². The third-order valence-electron chi connectivity index (χ3n) is 4.28. The first-order valence-corrected chi connectivity index (χ1v) is 8.64. The number of nitrogens with zero attached hydrogens (tertiary/aromatic N) is 3. The standard InChI is InChI=1S/C18H19N3S/c1-2-6-16(7-3-1)21-14-15(12-19-21)13-20-10-4-8-17(20)18-9-5-11-22-18/h1-3,5-7,9,11-12,14,17H,4,8,10,13H2. The van der Waals surface area contributed by atoms with Gasteiger partial charge in [-0.3, -0.25) is 4.90 Å². The molecule has 3 heterocycles. The van der Waals surface area contributed by atoms with E-state index in [2.05, 4.69) is 45.8 Å². The van der Waals surface area contributed by atoms with Gasteiger partial charge in [-0.2, -0.15) is 5.10 Å². The quantitative estimate of drug-likeness (QED) is 0.717. The molecule has 1 fully saturated rings. The Bertz CT molecular complexity index is 718. The molecule has 0 aliphatic carbocycles. The van der Waals surface area contributed by atoms with Crippen molar-refractivity contribution in [3.05, 3.63) is 70.7 Å².